The Kier molecular flexibility index (Phi) is 3.98. The molecule has 0 radical (unpaired) electrons. The van der Waals surface area contributed by atoms with Crippen LogP contribution >= 0.6 is 0 Å². The number of hydrogen-bond donors (Lipinski definition) is 0. The Hall–Kier alpha value is -2.75. The van der Waals surface area contributed by atoms with Gasteiger partial charge < -0.3 is 9.47 Å². The van der Waals surface area contributed by atoms with E-state index in [-0.39, 0.29) is 5.56 Å². The summed E-state index contributed by atoms with van der Waals surface area (Å²) in [5.41, 5.74) is 0.938. The average Bonchev–Trinajstić information content (AvgIpc) is 2.45. The maximum atomic E-state index is 12.3. The van der Waals surface area contributed by atoms with Crippen LogP contribution in [-0.2, 0) is 0 Å². The van der Waals surface area contributed by atoms with Gasteiger partial charge in [0.2, 0.25) is 0 Å². The molecule has 1 aromatic heterocycles. The van der Waals surface area contributed by atoms with Crippen LogP contribution < -0.4 is 9.47 Å². The van der Waals surface area contributed by atoms with Gasteiger partial charge in [-0.1, -0.05) is 0 Å². The Morgan fingerprint density at radius 3 is 2.38 bits per heavy atom. The SMILES string of the molecule is COc1cncc(-c2cc(C#N)cc(OC(F)(F)F)c2)c1. The van der Waals surface area contributed by atoms with E-state index in [0.29, 0.717) is 16.9 Å². The first-order chi connectivity index (χ1) is 9.91. The minimum atomic E-state index is -4.82. The maximum absolute atomic E-state index is 12.3. The summed E-state index contributed by atoms with van der Waals surface area (Å²) in [6.07, 6.45) is -1.90. The summed E-state index contributed by atoms with van der Waals surface area (Å²) in [5, 5.41) is 8.91. The van der Waals surface area contributed by atoms with Crippen molar-refractivity contribution in [2.75, 3.05) is 7.11 Å². The van der Waals surface area contributed by atoms with Gasteiger partial charge in [0.25, 0.3) is 0 Å². The molecule has 7 heteroatoms. The lowest BCUT2D eigenvalue weighted by atomic mass is 10.0. The van der Waals surface area contributed by atoms with E-state index in [2.05, 4.69) is 9.72 Å². The molecule has 0 atom stereocenters. The number of nitriles is 1. The Labute approximate surface area is 118 Å². The van der Waals surface area contributed by atoms with Crippen LogP contribution in [0.2, 0.25) is 0 Å². The molecule has 0 saturated heterocycles. The van der Waals surface area contributed by atoms with E-state index >= 15 is 0 Å². The van der Waals surface area contributed by atoms with Crippen LogP contribution in [0.25, 0.3) is 11.1 Å². The van der Waals surface area contributed by atoms with Gasteiger partial charge in [0.1, 0.15) is 11.5 Å². The molecule has 108 valence electrons. The molecule has 2 rings (SSSR count). The quantitative estimate of drug-likeness (QED) is 0.869. The van der Waals surface area contributed by atoms with Gasteiger partial charge in [-0.25, -0.2) is 0 Å². The van der Waals surface area contributed by atoms with Gasteiger partial charge in [-0.3, -0.25) is 4.98 Å². The molecule has 1 aromatic carbocycles. The van der Waals surface area contributed by atoms with E-state index in [1.807, 2.05) is 0 Å². The molecule has 0 N–H and O–H groups in total. The third-order valence-corrected chi connectivity index (χ3v) is 2.55. The zero-order valence-corrected chi connectivity index (χ0v) is 10.8. The van der Waals surface area contributed by atoms with Crippen molar-refractivity contribution < 1.29 is 22.6 Å². The topological polar surface area (TPSA) is 55.1 Å². The molecule has 2 aromatic rings. The smallest absolute Gasteiger partial charge is 0.495 e. The minimum Gasteiger partial charge on any atom is -0.495 e. The highest BCUT2D eigenvalue weighted by Crippen LogP contribution is 2.30. The molecule has 0 aliphatic rings. The van der Waals surface area contributed by atoms with Crippen LogP contribution in [0.3, 0.4) is 0 Å². The number of nitrogens with zero attached hydrogens (tertiary/aromatic N) is 2. The Balaban J connectivity index is 2.48. The number of methoxy groups -OCH3 is 1. The first kappa shape index (κ1) is 14.7. The van der Waals surface area contributed by atoms with Gasteiger partial charge in [-0.2, -0.15) is 5.26 Å². The predicted molar refractivity (Wildman–Crippen MR) is 67.6 cm³/mol. The lowest BCUT2D eigenvalue weighted by molar-refractivity contribution is -0.274. The first-order valence-electron chi connectivity index (χ1n) is 5.71. The van der Waals surface area contributed by atoms with Crippen molar-refractivity contribution in [3.8, 4) is 28.7 Å². The highest BCUT2D eigenvalue weighted by Gasteiger charge is 2.31. The number of aromatic nitrogens is 1. The van der Waals surface area contributed by atoms with Gasteiger partial charge in [-0.15, -0.1) is 13.2 Å². The highest BCUT2D eigenvalue weighted by atomic mass is 19.4. The summed E-state index contributed by atoms with van der Waals surface area (Å²) < 4.78 is 45.7. The normalized spacial score (nSPS) is 10.8. The minimum absolute atomic E-state index is 0.0505. The standard InChI is InChI=1S/C14H9F3N2O2/c1-20-13-5-11(7-19-8-13)10-2-9(6-18)3-12(4-10)21-14(15,16)17/h2-5,7-8H,1H3. The molecule has 0 aliphatic heterocycles. The molecule has 0 bridgehead atoms. The van der Waals surface area contributed by atoms with Crippen LogP contribution in [-0.4, -0.2) is 18.5 Å². The fraction of sp³-hybridized carbons (Fsp3) is 0.143. The van der Waals surface area contributed by atoms with Crippen molar-refractivity contribution >= 4 is 0 Å². The summed E-state index contributed by atoms with van der Waals surface area (Å²) in [5.74, 6) is -0.00693. The summed E-state index contributed by atoms with van der Waals surface area (Å²) in [7, 11) is 1.45. The van der Waals surface area contributed by atoms with Gasteiger partial charge >= 0.3 is 6.36 Å². The molecular weight excluding hydrogens is 285 g/mol. The predicted octanol–water partition coefficient (Wildman–Crippen LogP) is 3.53. The van der Waals surface area contributed by atoms with Crippen molar-refractivity contribution in [1.29, 1.82) is 5.26 Å². The van der Waals surface area contributed by atoms with E-state index in [0.717, 1.165) is 6.07 Å². The van der Waals surface area contributed by atoms with Gasteiger partial charge in [-0.05, 0) is 29.8 Å². The number of rotatable bonds is 3. The van der Waals surface area contributed by atoms with Crippen LogP contribution in [0.5, 0.6) is 11.5 Å². The molecule has 0 fully saturated rings. The zero-order chi connectivity index (χ0) is 15.5. The number of halogens is 3. The third-order valence-electron chi connectivity index (χ3n) is 2.55. The summed E-state index contributed by atoms with van der Waals surface area (Å²) in [4.78, 5) is 3.92. The number of alkyl halides is 3. The third kappa shape index (κ3) is 3.86. The largest absolute Gasteiger partial charge is 0.573 e. The fourth-order valence-corrected chi connectivity index (χ4v) is 1.71. The number of pyridine rings is 1. The molecular formula is C14H9F3N2O2. The fourth-order valence-electron chi connectivity index (χ4n) is 1.71. The monoisotopic (exact) mass is 294 g/mol. The lowest BCUT2D eigenvalue weighted by Crippen LogP contribution is -2.17. The second-order valence-electron chi connectivity index (χ2n) is 4.02. The van der Waals surface area contributed by atoms with E-state index < -0.39 is 12.1 Å². The van der Waals surface area contributed by atoms with E-state index in [4.69, 9.17) is 10.00 Å². The van der Waals surface area contributed by atoms with Crippen molar-refractivity contribution in [3.05, 3.63) is 42.2 Å². The van der Waals surface area contributed by atoms with Crippen LogP contribution in [0.15, 0.2) is 36.7 Å². The molecule has 0 spiro atoms. The Morgan fingerprint density at radius 1 is 1.05 bits per heavy atom. The van der Waals surface area contributed by atoms with Crippen LogP contribution in [0.4, 0.5) is 13.2 Å². The number of hydrogen-bond acceptors (Lipinski definition) is 4. The highest BCUT2D eigenvalue weighted by molar-refractivity contribution is 5.67. The van der Waals surface area contributed by atoms with Crippen LogP contribution in [0, 0.1) is 11.3 Å². The van der Waals surface area contributed by atoms with Gasteiger partial charge in [0.15, 0.2) is 0 Å². The second kappa shape index (κ2) is 5.71. The van der Waals surface area contributed by atoms with E-state index in [1.165, 1.54) is 31.6 Å². The molecule has 21 heavy (non-hydrogen) atoms. The van der Waals surface area contributed by atoms with Crippen molar-refractivity contribution in [2.24, 2.45) is 0 Å². The number of benzene rings is 1. The summed E-state index contributed by atoms with van der Waals surface area (Å²) in [6, 6.07) is 7.04. The summed E-state index contributed by atoms with van der Waals surface area (Å²) >= 11 is 0. The molecule has 4 nitrogen and oxygen atoms in total. The Bertz CT molecular complexity index is 693. The van der Waals surface area contributed by atoms with Crippen LogP contribution in [0.1, 0.15) is 5.56 Å². The second-order valence-corrected chi connectivity index (χ2v) is 4.02. The van der Waals surface area contributed by atoms with Crippen molar-refractivity contribution in [1.82, 2.24) is 4.98 Å². The average molecular weight is 294 g/mol. The molecule has 0 unspecified atom stereocenters. The maximum Gasteiger partial charge on any atom is 0.573 e. The zero-order valence-electron chi connectivity index (χ0n) is 10.8. The van der Waals surface area contributed by atoms with Crippen molar-refractivity contribution in [2.45, 2.75) is 6.36 Å². The Morgan fingerprint density at radius 2 is 1.76 bits per heavy atom. The lowest BCUT2D eigenvalue weighted by Gasteiger charge is -2.11. The van der Waals surface area contributed by atoms with Gasteiger partial charge in [0, 0.05) is 11.8 Å². The number of ether oxygens (including phenoxy) is 2. The van der Waals surface area contributed by atoms with Crippen molar-refractivity contribution in [3.63, 3.8) is 0 Å². The first-order valence-corrected chi connectivity index (χ1v) is 5.71. The van der Waals surface area contributed by atoms with E-state index in [1.54, 1.807) is 12.1 Å². The molecule has 0 amide bonds. The molecule has 0 aliphatic carbocycles. The molecule has 1 heterocycles. The van der Waals surface area contributed by atoms with Gasteiger partial charge in [0.05, 0.1) is 24.9 Å². The molecule has 0 saturated carbocycles. The van der Waals surface area contributed by atoms with E-state index in [9.17, 15) is 13.2 Å². The summed E-state index contributed by atoms with van der Waals surface area (Å²) in [6.45, 7) is 0.